The molecular weight excluding hydrogens is 358 g/mol. The smallest absolute Gasteiger partial charge is 0.252 e. The van der Waals surface area contributed by atoms with Gasteiger partial charge in [0.2, 0.25) is 0 Å². The number of hydrogen-bond acceptors (Lipinski definition) is 3. The van der Waals surface area contributed by atoms with Crippen LogP contribution in [0, 0.1) is 0 Å². The lowest BCUT2D eigenvalue weighted by molar-refractivity contribution is 0.0943. The summed E-state index contributed by atoms with van der Waals surface area (Å²) in [5.74, 6) is 0.577. The second-order valence-electron chi connectivity index (χ2n) is 6.07. The van der Waals surface area contributed by atoms with Crippen molar-refractivity contribution < 1.29 is 13.7 Å². The van der Waals surface area contributed by atoms with Crippen LogP contribution in [-0.4, -0.2) is 23.5 Å². The monoisotopic (exact) mass is 379 g/mol. The molecule has 5 heteroatoms. The van der Waals surface area contributed by atoms with Crippen LogP contribution in [0.3, 0.4) is 0 Å². The molecule has 3 aromatic rings. The van der Waals surface area contributed by atoms with E-state index >= 15 is 0 Å². The maximum atomic E-state index is 12.8. The molecule has 3 rings (SSSR count). The molecule has 0 aromatic heterocycles. The summed E-state index contributed by atoms with van der Waals surface area (Å²) >= 11 is 0. The van der Waals surface area contributed by atoms with Gasteiger partial charge in [0.15, 0.2) is 0 Å². The van der Waals surface area contributed by atoms with Crippen LogP contribution in [0.5, 0.6) is 5.75 Å². The van der Waals surface area contributed by atoms with E-state index < -0.39 is 10.8 Å². The maximum absolute atomic E-state index is 12.8. The number of benzene rings is 3. The van der Waals surface area contributed by atoms with Gasteiger partial charge in [-0.2, -0.15) is 0 Å². The predicted molar refractivity (Wildman–Crippen MR) is 108 cm³/mol. The zero-order chi connectivity index (χ0) is 19.2. The minimum Gasteiger partial charge on any atom is -0.497 e. The van der Waals surface area contributed by atoms with Crippen LogP contribution in [-0.2, 0) is 10.8 Å². The summed E-state index contributed by atoms with van der Waals surface area (Å²) in [7, 11) is 0.556. The molecule has 2 atom stereocenters. The fourth-order valence-electron chi connectivity index (χ4n) is 2.81. The first-order valence-electron chi connectivity index (χ1n) is 8.51. The van der Waals surface area contributed by atoms with Crippen molar-refractivity contribution >= 4 is 16.7 Å². The van der Waals surface area contributed by atoms with E-state index in [4.69, 9.17) is 4.74 Å². The van der Waals surface area contributed by atoms with Crippen LogP contribution in [0.15, 0.2) is 83.8 Å². The number of nitrogens with one attached hydrogen (secondary N) is 1. The number of carbonyl (C=O) groups is 1. The number of ether oxygens (including phenoxy) is 1. The molecule has 0 saturated heterocycles. The molecule has 3 aromatic carbocycles. The number of rotatable bonds is 6. The van der Waals surface area contributed by atoms with Gasteiger partial charge in [0, 0.05) is 27.5 Å². The Kier molecular flexibility index (Phi) is 6.04. The molecule has 4 nitrogen and oxygen atoms in total. The van der Waals surface area contributed by atoms with Gasteiger partial charge in [0.05, 0.1) is 13.2 Å². The lowest BCUT2D eigenvalue weighted by atomic mass is 9.98. The van der Waals surface area contributed by atoms with Gasteiger partial charge < -0.3 is 10.1 Å². The molecule has 0 aliphatic heterocycles. The topological polar surface area (TPSA) is 55.4 Å². The van der Waals surface area contributed by atoms with Crippen LogP contribution >= 0.6 is 0 Å². The molecule has 0 aliphatic rings. The van der Waals surface area contributed by atoms with Crippen molar-refractivity contribution in [3.05, 3.63) is 95.6 Å². The highest BCUT2D eigenvalue weighted by molar-refractivity contribution is 7.84. The van der Waals surface area contributed by atoms with Crippen LogP contribution in [0.2, 0.25) is 0 Å². The summed E-state index contributed by atoms with van der Waals surface area (Å²) in [6, 6.07) is 24.0. The van der Waals surface area contributed by atoms with Crippen molar-refractivity contribution in [2.24, 2.45) is 0 Å². The molecule has 0 bridgehead atoms. The Balaban J connectivity index is 1.88. The van der Waals surface area contributed by atoms with Crippen molar-refractivity contribution in [3.8, 4) is 5.75 Å². The normalized spacial score (nSPS) is 12.8. The van der Waals surface area contributed by atoms with Crippen LogP contribution in [0.25, 0.3) is 0 Å². The highest BCUT2D eigenvalue weighted by atomic mass is 32.2. The zero-order valence-corrected chi connectivity index (χ0v) is 16.0. The maximum Gasteiger partial charge on any atom is 0.252 e. The molecule has 0 radical (unpaired) electrons. The van der Waals surface area contributed by atoms with E-state index in [1.54, 1.807) is 37.6 Å². The van der Waals surface area contributed by atoms with Gasteiger partial charge in [-0.25, -0.2) is 0 Å². The van der Waals surface area contributed by atoms with E-state index in [2.05, 4.69) is 5.32 Å². The summed E-state index contributed by atoms with van der Waals surface area (Å²) in [5, 5.41) is 3.10. The summed E-state index contributed by atoms with van der Waals surface area (Å²) in [6.45, 7) is 0. The Morgan fingerprint density at radius 1 is 0.889 bits per heavy atom. The highest BCUT2D eigenvalue weighted by Gasteiger charge is 2.18. The molecule has 0 heterocycles. The first-order valence-corrected chi connectivity index (χ1v) is 10.1. The van der Waals surface area contributed by atoms with Crippen molar-refractivity contribution in [1.82, 2.24) is 5.32 Å². The van der Waals surface area contributed by atoms with Crippen molar-refractivity contribution in [2.45, 2.75) is 10.9 Å². The van der Waals surface area contributed by atoms with Crippen molar-refractivity contribution in [1.29, 1.82) is 0 Å². The SMILES string of the molecule is COc1ccc(C(NC(=O)c2ccc(S(C)=O)cc2)c2ccccc2)cc1. The second kappa shape index (κ2) is 8.64. The van der Waals surface area contributed by atoms with Gasteiger partial charge in [-0.15, -0.1) is 0 Å². The van der Waals surface area contributed by atoms with E-state index in [0.29, 0.717) is 10.5 Å². The molecule has 27 heavy (non-hydrogen) atoms. The lowest BCUT2D eigenvalue weighted by Crippen LogP contribution is -2.29. The Hall–Kier alpha value is -2.92. The van der Waals surface area contributed by atoms with E-state index in [1.165, 1.54) is 0 Å². The Bertz CT molecular complexity index is 922. The van der Waals surface area contributed by atoms with Crippen LogP contribution in [0.4, 0.5) is 0 Å². The first kappa shape index (κ1) is 18.9. The quantitative estimate of drug-likeness (QED) is 0.705. The summed E-state index contributed by atoms with van der Waals surface area (Å²) in [4.78, 5) is 13.5. The van der Waals surface area contributed by atoms with Crippen molar-refractivity contribution in [2.75, 3.05) is 13.4 Å². The Morgan fingerprint density at radius 2 is 1.48 bits per heavy atom. The second-order valence-corrected chi connectivity index (χ2v) is 7.45. The number of hydrogen-bond donors (Lipinski definition) is 1. The van der Waals surface area contributed by atoms with Gasteiger partial charge >= 0.3 is 0 Å². The molecule has 0 saturated carbocycles. The van der Waals surface area contributed by atoms with Gasteiger partial charge in [-0.3, -0.25) is 9.00 Å². The number of methoxy groups -OCH3 is 1. The minimum atomic E-state index is -1.07. The van der Waals surface area contributed by atoms with Crippen molar-refractivity contribution in [3.63, 3.8) is 0 Å². The molecule has 1 amide bonds. The Labute approximate surface area is 161 Å². The molecule has 0 fully saturated rings. The number of carbonyl (C=O) groups excluding carboxylic acids is 1. The fraction of sp³-hybridized carbons (Fsp3) is 0.136. The molecule has 138 valence electrons. The average molecular weight is 379 g/mol. The molecule has 1 N–H and O–H groups in total. The van der Waals surface area contributed by atoms with Gasteiger partial charge in [-0.05, 0) is 47.5 Å². The van der Waals surface area contributed by atoms with E-state index in [9.17, 15) is 9.00 Å². The minimum absolute atomic E-state index is 0.187. The first-order chi connectivity index (χ1) is 13.1. The average Bonchev–Trinajstić information content (AvgIpc) is 2.72. The third kappa shape index (κ3) is 4.63. The van der Waals surface area contributed by atoms with E-state index in [1.807, 2.05) is 54.6 Å². The summed E-state index contributed by atoms with van der Waals surface area (Å²) in [5.41, 5.74) is 2.47. The zero-order valence-electron chi connectivity index (χ0n) is 15.2. The number of amides is 1. The van der Waals surface area contributed by atoms with Gasteiger partial charge in [0.1, 0.15) is 5.75 Å². The third-order valence-corrected chi connectivity index (χ3v) is 5.24. The summed E-state index contributed by atoms with van der Waals surface area (Å²) < 4.78 is 16.8. The molecule has 2 unspecified atom stereocenters. The molecule has 0 aliphatic carbocycles. The predicted octanol–water partition coefficient (Wildman–Crippen LogP) is 3.95. The fourth-order valence-corrected chi connectivity index (χ4v) is 3.33. The highest BCUT2D eigenvalue weighted by Crippen LogP contribution is 2.24. The van der Waals surface area contributed by atoms with Crippen LogP contribution in [0.1, 0.15) is 27.5 Å². The lowest BCUT2D eigenvalue weighted by Gasteiger charge is -2.20. The van der Waals surface area contributed by atoms with Gasteiger partial charge in [-0.1, -0.05) is 42.5 Å². The summed E-state index contributed by atoms with van der Waals surface area (Å²) in [6.07, 6.45) is 1.62. The molecule has 0 spiro atoms. The standard InChI is InChI=1S/C22H21NO3S/c1-26-19-12-8-17(9-13-19)21(16-6-4-3-5-7-16)23-22(24)18-10-14-20(15-11-18)27(2)25/h3-15,21H,1-2H3,(H,23,24). The van der Waals surface area contributed by atoms with E-state index in [0.717, 1.165) is 16.9 Å². The molecular formula is C22H21NO3S. The van der Waals surface area contributed by atoms with Gasteiger partial charge in [0.25, 0.3) is 5.91 Å². The van der Waals surface area contributed by atoms with Crippen LogP contribution < -0.4 is 10.1 Å². The van der Waals surface area contributed by atoms with E-state index in [-0.39, 0.29) is 11.9 Å². The third-order valence-electron chi connectivity index (χ3n) is 4.31. The largest absolute Gasteiger partial charge is 0.497 e. The Morgan fingerprint density at radius 3 is 2.04 bits per heavy atom.